The molecule has 0 aromatic heterocycles. The van der Waals surface area contributed by atoms with E-state index in [-0.39, 0.29) is 11.6 Å². The second-order valence-corrected chi connectivity index (χ2v) is 6.60. The largest absolute Gasteiger partial charge is 0.481 e. The maximum absolute atomic E-state index is 12.7. The average Bonchev–Trinajstić information content (AvgIpc) is 2.74. The molecule has 0 aliphatic rings. The van der Waals surface area contributed by atoms with E-state index in [0.717, 1.165) is 11.1 Å². The van der Waals surface area contributed by atoms with Gasteiger partial charge in [0.25, 0.3) is 11.6 Å². The Hall–Kier alpha value is -3.67. The Morgan fingerprint density at radius 1 is 1.00 bits per heavy atom. The number of benzene rings is 3. The predicted molar refractivity (Wildman–Crippen MR) is 113 cm³/mol. The molecular formula is C23H22N2O4. The molecule has 0 aliphatic carbocycles. The van der Waals surface area contributed by atoms with Crippen LogP contribution in [0.5, 0.6) is 5.75 Å². The van der Waals surface area contributed by atoms with E-state index in [1.165, 1.54) is 6.07 Å². The fraction of sp³-hybridized carbons (Fsp3) is 0.174. The number of hydrogen-bond acceptors (Lipinski definition) is 4. The zero-order valence-corrected chi connectivity index (χ0v) is 16.3. The maximum atomic E-state index is 12.7. The first-order valence-corrected chi connectivity index (χ1v) is 9.36. The molecule has 1 amide bonds. The van der Waals surface area contributed by atoms with E-state index >= 15 is 0 Å². The normalized spacial score (nSPS) is 11.5. The van der Waals surface area contributed by atoms with E-state index in [2.05, 4.69) is 5.32 Å². The van der Waals surface area contributed by atoms with Crippen LogP contribution in [0.3, 0.4) is 0 Å². The van der Waals surface area contributed by atoms with Crippen LogP contribution in [0.2, 0.25) is 0 Å². The van der Waals surface area contributed by atoms with Gasteiger partial charge in [-0.1, -0.05) is 55.5 Å². The molecule has 0 spiro atoms. The lowest BCUT2D eigenvalue weighted by molar-refractivity contribution is -0.385. The Balaban J connectivity index is 1.71. The Kier molecular flexibility index (Phi) is 6.24. The second-order valence-electron chi connectivity index (χ2n) is 6.60. The monoisotopic (exact) mass is 390 g/mol. The van der Waals surface area contributed by atoms with Crippen LogP contribution in [0, 0.1) is 17.0 Å². The minimum Gasteiger partial charge on any atom is -0.481 e. The van der Waals surface area contributed by atoms with Crippen molar-refractivity contribution in [3.05, 3.63) is 88.5 Å². The van der Waals surface area contributed by atoms with Crippen molar-refractivity contribution < 1.29 is 14.5 Å². The number of amides is 1. The van der Waals surface area contributed by atoms with Crippen molar-refractivity contribution in [1.82, 2.24) is 0 Å². The Morgan fingerprint density at radius 2 is 1.66 bits per heavy atom. The summed E-state index contributed by atoms with van der Waals surface area (Å²) >= 11 is 0. The van der Waals surface area contributed by atoms with Crippen molar-refractivity contribution >= 4 is 17.3 Å². The van der Waals surface area contributed by atoms with E-state index in [1.807, 2.05) is 61.5 Å². The third-order valence-corrected chi connectivity index (χ3v) is 4.66. The van der Waals surface area contributed by atoms with Crippen molar-refractivity contribution in [3.8, 4) is 16.9 Å². The number of anilines is 1. The van der Waals surface area contributed by atoms with Crippen LogP contribution in [-0.4, -0.2) is 16.9 Å². The highest BCUT2D eigenvalue weighted by atomic mass is 16.6. The standard InChI is InChI=1S/C23H22N2O4/c1-3-22(23(26)24-20-10-7-11-21(16(20)2)25(27)28)29-19-14-12-18(13-15-19)17-8-5-4-6-9-17/h4-15,22H,3H2,1-2H3,(H,24,26). The number of carbonyl (C=O) groups excluding carboxylic acids is 1. The molecule has 0 aliphatic heterocycles. The molecule has 29 heavy (non-hydrogen) atoms. The highest BCUT2D eigenvalue weighted by molar-refractivity contribution is 5.95. The molecule has 1 N–H and O–H groups in total. The van der Waals surface area contributed by atoms with E-state index in [1.54, 1.807) is 19.1 Å². The molecule has 0 heterocycles. The number of carbonyl (C=O) groups is 1. The van der Waals surface area contributed by atoms with Crippen molar-refractivity contribution in [1.29, 1.82) is 0 Å². The van der Waals surface area contributed by atoms with Crippen LogP contribution in [0.25, 0.3) is 11.1 Å². The molecule has 3 rings (SSSR count). The summed E-state index contributed by atoms with van der Waals surface area (Å²) in [4.78, 5) is 23.3. The number of nitro groups is 1. The predicted octanol–water partition coefficient (Wildman–Crippen LogP) is 5.37. The SMILES string of the molecule is CCC(Oc1ccc(-c2ccccc2)cc1)C(=O)Nc1cccc([N+](=O)[O-])c1C. The van der Waals surface area contributed by atoms with E-state index < -0.39 is 11.0 Å². The summed E-state index contributed by atoms with van der Waals surface area (Å²) in [5.41, 5.74) is 2.94. The highest BCUT2D eigenvalue weighted by Crippen LogP contribution is 2.26. The molecule has 1 unspecified atom stereocenters. The lowest BCUT2D eigenvalue weighted by Gasteiger charge is -2.18. The third-order valence-electron chi connectivity index (χ3n) is 4.66. The van der Waals surface area contributed by atoms with Gasteiger partial charge in [-0.25, -0.2) is 0 Å². The number of nitrogens with zero attached hydrogens (tertiary/aromatic N) is 1. The average molecular weight is 390 g/mol. The summed E-state index contributed by atoms with van der Waals surface area (Å²) in [5.74, 6) is 0.241. The molecule has 0 radical (unpaired) electrons. The van der Waals surface area contributed by atoms with E-state index in [4.69, 9.17) is 4.74 Å². The van der Waals surface area contributed by atoms with Gasteiger partial charge < -0.3 is 10.1 Å². The lowest BCUT2D eigenvalue weighted by Crippen LogP contribution is -2.32. The second kappa shape index (κ2) is 9.01. The number of ether oxygens (including phenoxy) is 1. The molecular weight excluding hydrogens is 368 g/mol. The van der Waals surface area contributed by atoms with Crippen LogP contribution >= 0.6 is 0 Å². The van der Waals surface area contributed by atoms with Gasteiger partial charge in [0.1, 0.15) is 5.75 Å². The first kappa shape index (κ1) is 20.1. The van der Waals surface area contributed by atoms with Gasteiger partial charge in [-0.2, -0.15) is 0 Å². The summed E-state index contributed by atoms with van der Waals surface area (Å²) in [7, 11) is 0. The van der Waals surface area contributed by atoms with Crippen LogP contribution in [-0.2, 0) is 4.79 Å². The maximum Gasteiger partial charge on any atom is 0.274 e. The number of rotatable bonds is 7. The molecule has 0 fully saturated rings. The fourth-order valence-corrected chi connectivity index (χ4v) is 3.01. The topological polar surface area (TPSA) is 81.5 Å². The van der Waals surface area contributed by atoms with Crippen LogP contribution in [0.1, 0.15) is 18.9 Å². The van der Waals surface area contributed by atoms with Gasteiger partial charge in [-0.3, -0.25) is 14.9 Å². The van der Waals surface area contributed by atoms with Gasteiger partial charge in [0, 0.05) is 6.07 Å². The molecule has 6 nitrogen and oxygen atoms in total. The Labute approximate surface area is 169 Å². The minimum atomic E-state index is -0.712. The van der Waals surface area contributed by atoms with Gasteiger partial charge in [-0.05, 0) is 42.7 Å². The van der Waals surface area contributed by atoms with Gasteiger partial charge in [0.2, 0.25) is 0 Å². The van der Waals surface area contributed by atoms with Crippen molar-refractivity contribution in [2.45, 2.75) is 26.4 Å². The number of hydrogen-bond donors (Lipinski definition) is 1. The third kappa shape index (κ3) is 4.79. The molecule has 0 saturated carbocycles. The number of nitro benzene ring substituents is 1. The summed E-state index contributed by atoms with van der Waals surface area (Å²) in [6, 6.07) is 22.1. The van der Waals surface area contributed by atoms with Gasteiger partial charge >= 0.3 is 0 Å². The minimum absolute atomic E-state index is 0.0340. The molecule has 6 heteroatoms. The summed E-state index contributed by atoms with van der Waals surface area (Å²) in [6.45, 7) is 3.46. The smallest absolute Gasteiger partial charge is 0.274 e. The molecule has 3 aromatic rings. The molecule has 1 atom stereocenters. The van der Waals surface area contributed by atoms with Gasteiger partial charge in [0.15, 0.2) is 6.10 Å². The summed E-state index contributed by atoms with van der Waals surface area (Å²) in [5, 5.41) is 13.8. The van der Waals surface area contributed by atoms with Crippen LogP contribution < -0.4 is 10.1 Å². The van der Waals surface area contributed by atoms with Crippen molar-refractivity contribution in [2.24, 2.45) is 0 Å². The van der Waals surface area contributed by atoms with Crippen molar-refractivity contribution in [3.63, 3.8) is 0 Å². The quantitative estimate of drug-likeness (QED) is 0.434. The molecule has 0 bridgehead atoms. The van der Waals surface area contributed by atoms with Crippen LogP contribution in [0.15, 0.2) is 72.8 Å². The van der Waals surface area contributed by atoms with Gasteiger partial charge in [-0.15, -0.1) is 0 Å². The summed E-state index contributed by atoms with van der Waals surface area (Å²) in [6.07, 6.45) is -0.253. The van der Waals surface area contributed by atoms with Crippen LogP contribution in [0.4, 0.5) is 11.4 Å². The highest BCUT2D eigenvalue weighted by Gasteiger charge is 2.21. The number of nitrogens with one attached hydrogen (secondary N) is 1. The summed E-state index contributed by atoms with van der Waals surface area (Å²) < 4.78 is 5.86. The van der Waals surface area contributed by atoms with E-state index in [9.17, 15) is 14.9 Å². The zero-order valence-electron chi connectivity index (χ0n) is 16.3. The lowest BCUT2D eigenvalue weighted by atomic mass is 10.1. The first-order valence-electron chi connectivity index (χ1n) is 9.36. The van der Waals surface area contributed by atoms with E-state index in [0.29, 0.717) is 23.4 Å². The fourth-order valence-electron chi connectivity index (χ4n) is 3.01. The Morgan fingerprint density at radius 3 is 2.28 bits per heavy atom. The zero-order chi connectivity index (χ0) is 20.8. The van der Waals surface area contributed by atoms with Crippen molar-refractivity contribution in [2.75, 3.05) is 5.32 Å². The molecule has 3 aromatic carbocycles. The molecule has 0 saturated heterocycles. The van der Waals surface area contributed by atoms with Gasteiger partial charge in [0.05, 0.1) is 16.2 Å². The molecule has 148 valence electrons. The Bertz CT molecular complexity index is 1000. The first-order chi connectivity index (χ1) is 14.0.